The maximum atomic E-state index is 13.4. The molecule has 0 saturated heterocycles. The molecule has 1 aliphatic rings. The van der Waals surface area contributed by atoms with Crippen LogP contribution in [0.2, 0.25) is 0 Å². The fourth-order valence-electron chi connectivity index (χ4n) is 3.67. The summed E-state index contributed by atoms with van der Waals surface area (Å²) in [4.78, 5) is 32.5. The number of aromatic hydroxyl groups is 1. The minimum Gasteiger partial charge on any atom is -0.503 e. The Bertz CT molecular complexity index is 1370. The van der Waals surface area contributed by atoms with Crippen LogP contribution < -0.4 is 15.1 Å². The van der Waals surface area contributed by atoms with E-state index in [0.29, 0.717) is 26.1 Å². The van der Waals surface area contributed by atoms with Crippen LogP contribution in [0.5, 0.6) is 11.5 Å². The van der Waals surface area contributed by atoms with Crippen molar-refractivity contribution >= 4 is 49.3 Å². The topological polar surface area (TPSA) is 92.9 Å². The van der Waals surface area contributed by atoms with Crippen molar-refractivity contribution in [3.63, 3.8) is 0 Å². The summed E-state index contributed by atoms with van der Waals surface area (Å²) in [5.74, 6) is -0.320. The third-order valence-corrected chi connectivity index (χ3v) is 6.36. The zero-order chi connectivity index (χ0) is 21.0. The number of hydrogen-bond acceptors (Lipinski definition) is 7. The Morgan fingerprint density at radius 1 is 1.27 bits per heavy atom. The van der Waals surface area contributed by atoms with Gasteiger partial charge in [-0.3, -0.25) is 14.5 Å². The molecule has 1 amide bonds. The number of ether oxygens (including phenoxy) is 1. The predicted molar refractivity (Wildman–Crippen MR) is 116 cm³/mol. The van der Waals surface area contributed by atoms with Gasteiger partial charge in [0, 0.05) is 11.6 Å². The van der Waals surface area contributed by atoms with Crippen molar-refractivity contribution in [1.82, 2.24) is 4.98 Å². The summed E-state index contributed by atoms with van der Waals surface area (Å²) in [6.45, 7) is 0. The number of halogens is 1. The van der Waals surface area contributed by atoms with Crippen LogP contribution in [0.25, 0.3) is 11.0 Å². The van der Waals surface area contributed by atoms with Gasteiger partial charge in [-0.1, -0.05) is 12.1 Å². The van der Waals surface area contributed by atoms with Crippen LogP contribution in [-0.4, -0.2) is 23.1 Å². The van der Waals surface area contributed by atoms with E-state index in [-0.39, 0.29) is 28.3 Å². The summed E-state index contributed by atoms with van der Waals surface area (Å²) in [6.07, 6.45) is 1.59. The standard InChI is InChI=1S/C21H13BrN2O5S/c1-28-14-9-10(8-12(22)18(14)26)16-15-17(25)11-4-2-3-5-13(11)29-19(15)20(27)24(16)21-23-6-7-30-21/h2-9,16,26H,1H3/t16-/m1/s1. The summed E-state index contributed by atoms with van der Waals surface area (Å²) in [7, 11) is 1.43. The molecule has 4 aromatic rings. The normalized spacial score (nSPS) is 15.6. The first-order valence-electron chi connectivity index (χ1n) is 8.86. The molecule has 9 heteroatoms. The van der Waals surface area contributed by atoms with Crippen LogP contribution in [0.15, 0.2) is 61.7 Å². The SMILES string of the molecule is COc1cc([C@@H]2c3c(oc4ccccc4c3=O)C(=O)N2c2nccs2)cc(Br)c1O. The summed E-state index contributed by atoms with van der Waals surface area (Å²) in [6, 6.07) is 9.28. The molecule has 3 heterocycles. The van der Waals surface area contributed by atoms with E-state index in [1.807, 2.05) is 0 Å². The van der Waals surface area contributed by atoms with E-state index in [2.05, 4.69) is 20.9 Å². The van der Waals surface area contributed by atoms with Crippen molar-refractivity contribution in [2.24, 2.45) is 0 Å². The number of phenolic OH excluding ortho intramolecular Hbond substituents is 1. The molecule has 1 atom stereocenters. The Morgan fingerprint density at radius 2 is 2.07 bits per heavy atom. The molecule has 0 unspecified atom stereocenters. The number of thiazole rings is 1. The average molecular weight is 485 g/mol. The van der Waals surface area contributed by atoms with Crippen LogP contribution in [-0.2, 0) is 0 Å². The Morgan fingerprint density at radius 3 is 2.80 bits per heavy atom. The van der Waals surface area contributed by atoms with Gasteiger partial charge in [0.05, 0.1) is 28.6 Å². The lowest BCUT2D eigenvalue weighted by atomic mass is 9.98. The average Bonchev–Trinajstić information content (AvgIpc) is 3.37. The number of aromatic nitrogens is 1. The number of carbonyl (C=O) groups excluding carboxylic acids is 1. The van der Waals surface area contributed by atoms with Crippen LogP contribution in [0, 0.1) is 0 Å². The number of carbonyl (C=O) groups is 1. The molecule has 1 aliphatic heterocycles. The van der Waals surface area contributed by atoms with E-state index in [9.17, 15) is 14.7 Å². The molecule has 1 N–H and O–H groups in total. The Kier molecular flexibility index (Phi) is 4.37. The molecule has 0 fully saturated rings. The quantitative estimate of drug-likeness (QED) is 0.460. The van der Waals surface area contributed by atoms with Crippen molar-refractivity contribution in [1.29, 1.82) is 0 Å². The third-order valence-electron chi connectivity index (χ3n) is 4.99. The van der Waals surface area contributed by atoms with Crippen molar-refractivity contribution in [2.75, 3.05) is 12.0 Å². The molecule has 0 radical (unpaired) electrons. The maximum Gasteiger partial charge on any atom is 0.297 e. The van der Waals surface area contributed by atoms with E-state index in [4.69, 9.17) is 9.15 Å². The number of para-hydroxylation sites is 1. The summed E-state index contributed by atoms with van der Waals surface area (Å²) in [5.41, 5.74) is 0.862. The number of nitrogens with zero attached hydrogens (tertiary/aromatic N) is 2. The number of phenols is 1. The molecule has 5 rings (SSSR count). The van der Waals surface area contributed by atoms with Crippen molar-refractivity contribution in [3.8, 4) is 11.5 Å². The van der Waals surface area contributed by atoms with Gasteiger partial charge < -0.3 is 14.3 Å². The molecule has 150 valence electrons. The molecule has 0 spiro atoms. The minimum absolute atomic E-state index is 0.0120. The van der Waals surface area contributed by atoms with E-state index in [1.165, 1.54) is 23.3 Å². The molecular weight excluding hydrogens is 472 g/mol. The molecule has 2 aromatic carbocycles. The Labute approximate surface area is 182 Å². The summed E-state index contributed by atoms with van der Waals surface area (Å²) < 4.78 is 11.5. The summed E-state index contributed by atoms with van der Waals surface area (Å²) in [5, 5.41) is 12.8. The van der Waals surface area contributed by atoms with E-state index < -0.39 is 11.9 Å². The highest BCUT2D eigenvalue weighted by molar-refractivity contribution is 9.10. The Balaban J connectivity index is 1.84. The monoisotopic (exact) mass is 484 g/mol. The van der Waals surface area contributed by atoms with Gasteiger partial charge in [0.2, 0.25) is 5.76 Å². The number of methoxy groups -OCH3 is 1. The van der Waals surface area contributed by atoms with Gasteiger partial charge in [-0.05, 0) is 45.8 Å². The van der Waals surface area contributed by atoms with Crippen LogP contribution >= 0.6 is 27.3 Å². The second kappa shape index (κ2) is 6.96. The number of fused-ring (bicyclic) bond motifs is 2. The number of hydrogen-bond donors (Lipinski definition) is 1. The van der Waals surface area contributed by atoms with Crippen molar-refractivity contribution in [2.45, 2.75) is 6.04 Å². The number of anilines is 1. The highest BCUT2D eigenvalue weighted by Gasteiger charge is 2.45. The predicted octanol–water partition coefficient (Wildman–Crippen LogP) is 4.48. The zero-order valence-corrected chi connectivity index (χ0v) is 17.9. The lowest BCUT2D eigenvalue weighted by Crippen LogP contribution is -2.29. The second-order valence-electron chi connectivity index (χ2n) is 6.62. The first kappa shape index (κ1) is 18.8. The van der Waals surface area contributed by atoms with Gasteiger partial charge in [-0.25, -0.2) is 4.98 Å². The van der Waals surface area contributed by atoms with Crippen LogP contribution in [0.3, 0.4) is 0 Å². The molecule has 2 aromatic heterocycles. The largest absolute Gasteiger partial charge is 0.503 e. The van der Waals surface area contributed by atoms with Crippen molar-refractivity contribution < 1.29 is 19.1 Å². The first-order valence-corrected chi connectivity index (χ1v) is 10.5. The first-order chi connectivity index (χ1) is 14.5. The molecule has 0 bridgehead atoms. The molecule has 7 nitrogen and oxygen atoms in total. The van der Waals surface area contributed by atoms with Gasteiger partial charge in [-0.2, -0.15) is 0 Å². The van der Waals surface area contributed by atoms with Gasteiger partial charge in [-0.15, -0.1) is 11.3 Å². The number of benzene rings is 2. The third kappa shape index (κ3) is 2.66. The highest BCUT2D eigenvalue weighted by atomic mass is 79.9. The van der Waals surface area contributed by atoms with E-state index in [1.54, 1.807) is 48.0 Å². The van der Waals surface area contributed by atoms with Gasteiger partial charge in [0.25, 0.3) is 5.91 Å². The zero-order valence-electron chi connectivity index (χ0n) is 15.5. The lowest BCUT2D eigenvalue weighted by Gasteiger charge is -2.23. The highest BCUT2D eigenvalue weighted by Crippen LogP contribution is 2.45. The molecular formula is C21H13BrN2O5S. The van der Waals surface area contributed by atoms with E-state index in [0.717, 1.165) is 0 Å². The smallest absolute Gasteiger partial charge is 0.297 e. The van der Waals surface area contributed by atoms with E-state index >= 15 is 0 Å². The van der Waals surface area contributed by atoms with Crippen molar-refractivity contribution in [3.05, 3.63) is 79.6 Å². The number of amides is 1. The van der Waals surface area contributed by atoms with Gasteiger partial charge >= 0.3 is 0 Å². The number of rotatable bonds is 3. The Hall–Kier alpha value is -3.17. The van der Waals surface area contributed by atoms with Crippen LogP contribution in [0.4, 0.5) is 5.13 Å². The fraction of sp³-hybridized carbons (Fsp3) is 0.0952. The van der Waals surface area contributed by atoms with Crippen LogP contribution in [0.1, 0.15) is 27.7 Å². The molecule has 0 aliphatic carbocycles. The minimum atomic E-state index is -0.787. The maximum absolute atomic E-state index is 13.4. The fourth-order valence-corrected chi connectivity index (χ4v) is 4.80. The second-order valence-corrected chi connectivity index (χ2v) is 8.34. The molecule has 0 saturated carbocycles. The van der Waals surface area contributed by atoms with Gasteiger partial charge in [0.15, 0.2) is 22.1 Å². The summed E-state index contributed by atoms with van der Waals surface area (Å²) >= 11 is 4.60. The molecule has 30 heavy (non-hydrogen) atoms. The lowest BCUT2D eigenvalue weighted by molar-refractivity contribution is 0.0971. The van der Waals surface area contributed by atoms with Gasteiger partial charge in [0.1, 0.15) is 5.58 Å².